The molecular weight excluding hydrogens is 274 g/mol. The number of fused-ring (bicyclic) bond motifs is 1. The molecule has 0 atom stereocenters. The maximum Gasteiger partial charge on any atom is 0.154 e. The molecule has 2 aromatic heterocycles. The van der Waals surface area contributed by atoms with Gasteiger partial charge in [-0.15, -0.1) is 10.2 Å². The third-order valence-electron chi connectivity index (χ3n) is 3.62. The van der Waals surface area contributed by atoms with Crippen LogP contribution in [0.4, 0.5) is 0 Å². The van der Waals surface area contributed by atoms with Crippen LogP contribution >= 0.6 is 0 Å². The second-order valence-corrected chi connectivity index (χ2v) is 4.92. The van der Waals surface area contributed by atoms with Crippen LogP contribution in [0.1, 0.15) is 5.56 Å². The van der Waals surface area contributed by atoms with Crippen LogP contribution in [0.2, 0.25) is 0 Å². The molecule has 0 saturated heterocycles. The zero-order chi connectivity index (χ0) is 14.9. The number of nitrogens with zero attached hydrogens (tertiary/aromatic N) is 3. The van der Waals surface area contributed by atoms with Crippen molar-refractivity contribution in [3.63, 3.8) is 0 Å². The Morgan fingerprint density at radius 2 is 1.91 bits per heavy atom. The first-order valence-electron chi connectivity index (χ1n) is 6.83. The van der Waals surface area contributed by atoms with E-state index in [4.69, 9.17) is 9.83 Å². The van der Waals surface area contributed by atoms with E-state index < -0.39 is 0 Å². The number of furan rings is 1. The molecule has 4 rings (SSSR count). The average molecular weight is 284 g/mol. The van der Waals surface area contributed by atoms with Crippen molar-refractivity contribution in [2.75, 3.05) is 0 Å². The van der Waals surface area contributed by atoms with Crippen LogP contribution in [0.15, 0.2) is 53.2 Å². The summed E-state index contributed by atoms with van der Waals surface area (Å²) < 4.78 is 5.43. The summed E-state index contributed by atoms with van der Waals surface area (Å²) in [4.78, 5) is 0. The number of hydrogen-bond donors (Lipinski definition) is 0. The third kappa shape index (κ3) is 1.91. The summed E-state index contributed by atoms with van der Waals surface area (Å²) in [5.41, 5.74) is 1.74. The van der Waals surface area contributed by atoms with Crippen molar-refractivity contribution in [3.05, 3.63) is 80.7 Å². The molecule has 1 aliphatic rings. The summed E-state index contributed by atoms with van der Waals surface area (Å²) in [5.74, 6) is 2.82. The van der Waals surface area contributed by atoms with E-state index in [-0.39, 0.29) is 0 Å². The van der Waals surface area contributed by atoms with Crippen molar-refractivity contribution in [3.8, 4) is 11.5 Å². The quantitative estimate of drug-likeness (QED) is 0.639. The molecule has 0 N–H and O–H groups in total. The molecule has 0 unspecified atom stereocenters. The molecule has 3 aromatic rings. The molecule has 0 saturated carbocycles. The first kappa shape index (κ1) is 12.5. The summed E-state index contributed by atoms with van der Waals surface area (Å²) in [6.07, 6.45) is 7.63. The van der Waals surface area contributed by atoms with Crippen molar-refractivity contribution in [1.82, 2.24) is 10.2 Å². The van der Waals surface area contributed by atoms with Crippen LogP contribution in [-0.2, 0) is 0 Å². The van der Waals surface area contributed by atoms with E-state index in [1.54, 1.807) is 18.4 Å². The fourth-order valence-electron chi connectivity index (χ4n) is 2.55. The number of benzene rings is 1. The monoisotopic (exact) mass is 284 g/mol. The van der Waals surface area contributed by atoms with Crippen LogP contribution in [0.25, 0.3) is 29.0 Å². The first-order chi connectivity index (χ1) is 10.9. The molecule has 22 heavy (non-hydrogen) atoms. The van der Waals surface area contributed by atoms with Gasteiger partial charge in [0.2, 0.25) is 0 Å². The van der Waals surface area contributed by atoms with Crippen LogP contribution in [-0.4, -0.2) is 16.1 Å². The Hall–Kier alpha value is -3.23. The minimum Gasteiger partial charge on any atom is -0.763 e. The maximum atomic E-state index is 8.89. The fourth-order valence-corrected chi connectivity index (χ4v) is 2.55. The highest BCUT2D eigenvalue weighted by Gasteiger charge is 2.12. The van der Waals surface area contributed by atoms with Gasteiger partial charge in [0.05, 0.1) is 6.26 Å². The van der Waals surface area contributed by atoms with Gasteiger partial charge in [0.1, 0.15) is 11.0 Å². The smallest absolute Gasteiger partial charge is 0.154 e. The number of allylic oxidation sites excluding steroid dienone is 1. The van der Waals surface area contributed by atoms with Gasteiger partial charge in [0.15, 0.2) is 5.76 Å². The van der Waals surface area contributed by atoms with E-state index in [1.165, 1.54) is 0 Å². The Bertz CT molecular complexity index is 1100. The van der Waals surface area contributed by atoms with Gasteiger partial charge < -0.3 is 9.83 Å². The Kier molecular flexibility index (Phi) is 2.81. The molecule has 0 radical (unpaired) electrons. The average Bonchev–Trinajstić information content (AvgIpc) is 3.25. The van der Waals surface area contributed by atoms with Gasteiger partial charge in [0.25, 0.3) is 0 Å². The van der Waals surface area contributed by atoms with Gasteiger partial charge in [-0.05, 0) is 29.5 Å². The lowest BCUT2D eigenvalue weighted by molar-refractivity contribution is 0.578. The van der Waals surface area contributed by atoms with E-state index >= 15 is 0 Å². The molecule has 104 valence electrons. The van der Waals surface area contributed by atoms with E-state index in [2.05, 4.69) is 16.1 Å². The lowest BCUT2D eigenvalue weighted by Crippen LogP contribution is -2.12. The zero-order valence-electron chi connectivity index (χ0n) is 11.5. The van der Waals surface area contributed by atoms with E-state index in [9.17, 15) is 0 Å². The van der Waals surface area contributed by atoms with Crippen molar-refractivity contribution in [2.45, 2.75) is 0 Å². The highest BCUT2D eigenvalue weighted by molar-refractivity contribution is 5.76. The molecule has 0 amide bonds. The van der Waals surface area contributed by atoms with Gasteiger partial charge in [-0.1, -0.05) is 30.4 Å². The van der Waals surface area contributed by atoms with Crippen LogP contribution < -0.4 is 10.4 Å². The molecule has 0 bridgehead atoms. The molecule has 1 aromatic carbocycles. The molecule has 1 aliphatic carbocycles. The van der Waals surface area contributed by atoms with Gasteiger partial charge in [0, 0.05) is 16.0 Å². The first-order valence-corrected chi connectivity index (χ1v) is 6.83. The molecule has 4 heteroatoms. The molecule has 2 heterocycles. The lowest BCUT2D eigenvalue weighted by Gasteiger charge is -2.01. The normalized spacial score (nSPS) is 11.8. The molecular formula is C18H10N3O-. The Labute approximate surface area is 125 Å². The molecule has 0 aliphatic heterocycles. The number of hydrogen-bond acceptors (Lipinski definition) is 3. The summed E-state index contributed by atoms with van der Waals surface area (Å²) in [6.45, 7) is 0. The fraction of sp³-hybridized carbons (Fsp3) is 0. The van der Waals surface area contributed by atoms with E-state index in [1.807, 2.05) is 42.5 Å². The highest BCUT2D eigenvalue weighted by Crippen LogP contribution is 2.21. The van der Waals surface area contributed by atoms with Crippen LogP contribution in [0.3, 0.4) is 0 Å². The molecule has 0 fully saturated rings. The Morgan fingerprint density at radius 1 is 1.05 bits per heavy atom. The van der Waals surface area contributed by atoms with Gasteiger partial charge in [-0.3, -0.25) is 5.87 Å². The predicted molar refractivity (Wildman–Crippen MR) is 84.1 cm³/mol. The second kappa shape index (κ2) is 4.95. The highest BCUT2D eigenvalue weighted by atomic mass is 16.3. The third-order valence-corrected chi connectivity index (χ3v) is 3.62. The lowest BCUT2D eigenvalue weighted by atomic mass is 10.1. The van der Waals surface area contributed by atoms with Gasteiger partial charge in [-0.25, -0.2) is 0 Å². The minimum absolute atomic E-state index is 0.627. The van der Waals surface area contributed by atoms with Gasteiger partial charge >= 0.3 is 0 Å². The summed E-state index contributed by atoms with van der Waals surface area (Å²) in [6, 6.07) is 11.1. The molecule has 0 spiro atoms. The number of rotatable bonds is 1. The van der Waals surface area contributed by atoms with E-state index in [0.717, 1.165) is 27.0 Å². The topological polar surface area (TPSA) is 61.2 Å². The van der Waals surface area contributed by atoms with Crippen molar-refractivity contribution < 1.29 is 4.42 Å². The summed E-state index contributed by atoms with van der Waals surface area (Å²) >= 11 is 0. The number of aromatic nitrogens is 2. The Balaban J connectivity index is 2.09. The minimum atomic E-state index is 0.627. The standard InChI is InChI=1S/C18H10N3O/c19-11-12-6-8-13(9-7-12)17-14-3-1-4-15(14)18(21-20-17)16-5-2-10-22-16/h1-10H/q-1. The summed E-state index contributed by atoms with van der Waals surface area (Å²) in [7, 11) is 0. The van der Waals surface area contributed by atoms with Gasteiger partial charge in [-0.2, -0.15) is 0 Å². The SMILES string of the molecule is [N-]=C=c1ccc(=c2nnc(-c3ccco3)c3c2=CC=C3)cc1. The predicted octanol–water partition coefficient (Wildman–Crippen LogP) is 1.74. The van der Waals surface area contributed by atoms with Crippen LogP contribution in [0.5, 0.6) is 0 Å². The maximum absolute atomic E-state index is 8.89. The zero-order valence-corrected chi connectivity index (χ0v) is 11.5. The Morgan fingerprint density at radius 3 is 2.64 bits per heavy atom. The van der Waals surface area contributed by atoms with Crippen LogP contribution in [0, 0.1) is 10.6 Å². The van der Waals surface area contributed by atoms with Crippen molar-refractivity contribution >= 4 is 18.0 Å². The second-order valence-electron chi connectivity index (χ2n) is 4.92. The van der Waals surface area contributed by atoms with E-state index in [0.29, 0.717) is 11.0 Å². The van der Waals surface area contributed by atoms with Crippen molar-refractivity contribution in [2.24, 2.45) is 0 Å². The molecule has 4 nitrogen and oxygen atoms in total. The largest absolute Gasteiger partial charge is 0.763 e. The summed E-state index contributed by atoms with van der Waals surface area (Å²) in [5, 5.41) is 21.0. The van der Waals surface area contributed by atoms with Crippen molar-refractivity contribution in [1.29, 1.82) is 0 Å².